The van der Waals surface area contributed by atoms with Crippen LogP contribution in [0.15, 0.2) is 51.9 Å². The molecule has 0 saturated carbocycles. The van der Waals surface area contributed by atoms with Gasteiger partial charge in [-0.2, -0.15) is 0 Å². The first-order chi connectivity index (χ1) is 9.08. The lowest BCUT2D eigenvalue weighted by molar-refractivity contribution is 0.102. The molecular formula is C14H13NO4. The fourth-order valence-corrected chi connectivity index (χ4v) is 1.66. The lowest BCUT2D eigenvalue weighted by Crippen LogP contribution is -2.14. The van der Waals surface area contributed by atoms with Crippen molar-refractivity contribution in [3.05, 3.63) is 64.2 Å². The Kier molecular flexibility index (Phi) is 3.77. The van der Waals surface area contributed by atoms with Gasteiger partial charge in [0.1, 0.15) is 6.26 Å². The first-order valence-corrected chi connectivity index (χ1v) is 5.75. The summed E-state index contributed by atoms with van der Waals surface area (Å²) < 4.78 is 4.63. The maximum absolute atomic E-state index is 11.9. The van der Waals surface area contributed by atoms with Crippen molar-refractivity contribution >= 4 is 11.6 Å². The van der Waals surface area contributed by atoms with Gasteiger partial charge in [0.05, 0.1) is 11.7 Å². The maximum atomic E-state index is 11.9. The summed E-state index contributed by atoms with van der Waals surface area (Å²) >= 11 is 0. The van der Waals surface area contributed by atoms with Crippen molar-refractivity contribution in [2.24, 2.45) is 0 Å². The average molecular weight is 259 g/mol. The van der Waals surface area contributed by atoms with Crippen LogP contribution in [0.1, 0.15) is 28.9 Å². The van der Waals surface area contributed by atoms with Gasteiger partial charge in [-0.05, 0) is 19.1 Å². The number of amides is 1. The Morgan fingerprint density at radius 1 is 1.26 bits per heavy atom. The Balaban J connectivity index is 2.24. The van der Waals surface area contributed by atoms with Crippen LogP contribution in [0.2, 0.25) is 0 Å². The molecular weight excluding hydrogens is 246 g/mol. The highest BCUT2D eigenvalue weighted by Gasteiger charge is 2.11. The molecule has 2 rings (SSSR count). The van der Waals surface area contributed by atoms with Gasteiger partial charge in [0.2, 0.25) is 0 Å². The molecule has 0 aliphatic carbocycles. The third-order valence-electron chi connectivity index (χ3n) is 2.62. The Hall–Kier alpha value is -2.40. The largest absolute Gasteiger partial charge is 0.430 e. The fourth-order valence-electron chi connectivity index (χ4n) is 1.66. The lowest BCUT2D eigenvalue weighted by atomic mass is 10.1. The quantitative estimate of drug-likeness (QED) is 0.882. The minimum atomic E-state index is -0.690. The molecule has 2 N–H and O–H groups in total. The van der Waals surface area contributed by atoms with Gasteiger partial charge in [-0.15, -0.1) is 0 Å². The zero-order valence-electron chi connectivity index (χ0n) is 10.3. The monoisotopic (exact) mass is 259 g/mol. The third kappa shape index (κ3) is 3.08. The van der Waals surface area contributed by atoms with Gasteiger partial charge in [-0.25, -0.2) is 4.79 Å². The van der Waals surface area contributed by atoms with E-state index in [2.05, 4.69) is 9.73 Å². The van der Waals surface area contributed by atoms with Crippen LogP contribution in [0.25, 0.3) is 0 Å². The van der Waals surface area contributed by atoms with Crippen molar-refractivity contribution in [2.75, 3.05) is 5.32 Å². The molecule has 0 aliphatic rings. The normalized spacial score (nSPS) is 11.9. The molecule has 0 aliphatic heterocycles. The SMILES string of the molecule is CC(O)c1ccccc1NC(=O)c1ccc(=O)oc1. The maximum Gasteiger partial charge on any atom is 0.335 e. The Bertz CT molecular complexity index is 625. The van der Waals surface area contributed by atoms with E-state index in [1.165, 1.54) is 12.1 Å². The second-order valence-electron chi connectivity index (χ2n) is 4.06. The number of carbonyl (C=O) groups is 1. The molecule has 0 spiro atoms. The predicted molar refractivity (Wildman–Crippen MR) is 70.0 cm³/mol. The Labute approximate surface area is 109 Å². The molecule has 19 heavy (non-hydrogen) atoms. The van der Waals surface area contributed by atoms with Crippen molar-refractivity contribution in [2.45, 2.75) is 13.0 Å². The summed E-state index contributed by atoms with van der Waals surface area (Å²) in [4.78, 5) is 22.8. The van der Waals surface area contributed by atoms with E-state index in [9.17, 15) is 14.7 Å². The molecule has 0 fully saturated rings. The molecule has 1 aromatic carbocycles. The third-order valence-corrected chi connectivity index (χ3v) is 2.62. The highest BCUT2D eigenvalue weighted by molar-refractivity contribution is 6.04. The van der Waals surface area contributed by atoms with E-state index in [1.807, 2.05) is 0 Å². The molecule has 5 heteroatoms. The highest BCUT2D eigenvalue weighted by Crippen LogP contribution is 2.22. The summed E-state index contributed by atoms with van der Waals surface area (Å²) in [5, 5.41) is 12.3. The molecule has 2 aromatic rings. The van der Waals surface area contributed by atoms with Crippen LogP contribution in [0.3, 0.4) is 0 Å². The number of rotatable bonds is 3. The van der Waals surface area contributed by atoms with Gasteiger partial charge >= 0.3 is 5.63 Å². The highest BCUT2D eigenvalue weighted by atomic mass is 16.4. The van der Waals surface area contributed by atoms with E-state index in [0.717, 1.165) is 6.26 Å². The standard InChI is InChI=1S/C14H13NO4/c1-9(16)11-4-2-3-5-12(11)15-14(18)10-6-7-13(17)19-8-10/h2-9,16H,1H3,(H,15,18). The summed E-state index contributed by atoms with van der Waals surface area (Å²) in [6.07, 6.45) is 0.410. The predicted octanol–water partition coefficient (Wildman–Crippen LogP) is 1.95. The number of nitrogens with one attached hydrogen (secondary N) is 1. The summed E-state index contributed by atoms with van der Waals surface area (Å²) in [7, 11) is 0. The summed E-state index contributed by atoms with van der Waals surface area (Å²) in [6.45, 7) is 1.62. The minimum absolute atomic E-state index is 0.236. The summed E-state index contributed by atoms with van der Waals surface area (Å²) in [5.74, 6) is -0.406. The van der Waals surface area contributed by atoms with Gasteiger partial charge in [0.25, 0.3) is 5.91 Å². The van der Waals surface area contributed by atoms with E-state index in [0.29, 0.717) is 11.3 Å². The fraction of sp³-hybridized carbons (Fsp3) is 0.143. The van der Waals surface area contributed by atoms with Crippen molar-refractivity contribution in [3.63, 3.8) is 0 Å². The summed E-state index contributed by atoms with van der Waals surface area (Å²) in [5.41, 5.74) is 0.864. The van der Waals surface area contributed by atoms with Crippen LogP contribution < -0.4 is 10.9 Å². The molecule has 1 amide bonds. The smallest absolute Gasteiger partial charge is 0.335 e. The Morgan fingerprint density at radius 3 is 2.63 bits per heavy atom. The van der Waals surface area contributed by atoms with Crippen LogP contribution in [0.4, 0.5) is 5.69 Å². The lowest BCUT2D eigenvalue weighted by Gasteiger charge is -2.12. The number of aliphatic hydroxyl groups excluding tert-OH is 1. The van der Waals surface area contributed by atoms with Crippen molar-refractivity contribution < 1.29 is 14.3 Å². The van der Waals surface area contributed by atoms with E-state index in [-0.39, 0.29) is 5.56 Å². The van der Waals surface area contributed by atoms with E-state index < -0.39 is 17.6 Å². The molecule has 0 radical (unpaired) electrons. The summed E-state index contributed by atoms with van der Waals surface area (Å²) in [6, 6.07) is 9.51. The first kappa shape index (κ1) is 13.0. The number of aliphatic hydroxyl groups is 1. The van der Waals surface area contributed by atoms with Crippen LogP contribution in [-0.2, 0) is 0 Å². The van der Waals surface area contributed by atoms with E-state index in [1.54, 1.807) is 31.2 Å². The molecule has 98 valence electrons. The second-order valence-corrected chi connectivity index (χ2v) is 4.06. The molecule has 5 nitrogen and oxygen atoms in total. The number of benzene rings is 1. The molecule has 1 heterocycles. The molecule has 1 unspecified atom stereocenters. The molecule has 1 atom stereocenters. The molecule has 0 bridgehead atoms. The van der Waals surface area contributed by atoms with Gasteiger partial charge in [-0.3, -0.25) is 4.79 Å². The Morgan fingerprint density at radius 2 is 2.00 bits per heavy atom. The number of hydrogen-bond acceptors (Lipinski definition) is 4. The van der Waals surface area contributed by atoms with E-state index >= 15 is 0 Å². The van der Waals surface area contributed by atoms with Crippen LogP contribution in [0.5, 0.6) is 0 Å². The van der Waals surface area contributed by atoms with Gasteiger partial charge in [0, 0.05) is 17.3 Å². The molecule has 0 saturated heterocycles. The number of anilines is 1. The number of para-hydroxylation sites is 1. The first-order valence-electron chi connectivity index (χ1n) is 5.75. The van der Waals surface area contributed by atoms with Gasteiger partial charge in [0.15, 0.2) is 0 Å². The molecule has 1 aromatic heterocycles. The van der Waals surface area contributed by atoms with Crippen molar-refractivity contribution in [1.82, 2.24) is 0 Å². The van der Waals surface area contributed by atoms with Gasteiger partial charge in [-0.1, -0.05) is 18.2 Å². The van der Waals surface area contributed by atoms with Crippen molar-refractivity contribution in [1.29, 1.82) is 0 Å². The van der Waals surface area contributed by atoms with Crippen LogP contribution >= 0.6 is 0 Å². The zero-order valence-corrected chi connectivity index (χ0v) is 10.3. The second kappa shape index (κ2) is 5.49. The minimum Gasteiger partial charge on any atom is -0.430 e. The number of hydrogen-bond donors (Lipinski definition) is 2. The number of carbonyl (C=O) groups excluding carboxylic acids is 1. The zero-order chi connectivity index (χ0) is 13.8. The van der Waals surface area contributed by atoms with Crippen LogP contribution in [0, 0.1) is 0 Å². The van der Waals surface area contributed by atoms with E-state index in [4.69, 9.17) is 0 Å². The van der Waals surface area contributed by atoms with Gasteiger partial charge < -0.3 is 14.8 Å². The van der Waals surface area contributed by atoms with Crippen molar-refractivity contribution in [3.8, 4) is 0 Å². The van der Waals surface area contributed by atoms with Crippen LogP contribution in [-0.4, -0.2) is 11.0 Å². The topological polar surface area (TPSA) is 79.5 Å². The average Bonchev–Trinajstić information content (AvgIpc) is 2.39.